The lowest BCUT2D eigenvalue weighted by atomic mass is 9.92. The van der Waals surface area contributed by atoms with Crippen molar-refractivity contribution >= 4 is 11.6 Å². The minimum absolute atomic E-state index is 0.157. The molecule has 0 spiro atoms. The molecule has 0 saturated carbocycles. The van der Waals surface area contributed by atoms with Gasteiger partial charge < -0.3 is 10.6 Å². The summed E-state index contributed by atoms with van der Waals surface area (Å²) in [6.45, 7) is 4.43. The van der Waals surface area contributed by atoms with Gasteiger partial charge >= 0.3 is 6.18 Å². The van der Waals surface area contributed by atoms with E-state index in [-0.39, 0.29) is 23.6 Å². The first kappa shape index (κ1) is 15.8. The van der Waals surface area contributed by atoms with Crippen molar-refractivity contribution in [1.82, 2.24) is 5.32 Å². The Bertz CT molecular complexity index is 528. The number of rotatable bonds is 2. The van der Waals surface area contributed by atoms with Gasteiger partial charge in [0.1, 0.15) is 0 Å². The lowest BCUT2D eigenvalue weighted by Gasteiger charge is -2.27. The molecule has 21 heavy (non-hydrogen) atoms. The van der Waals surface area contributed by atoms with E-state index >= 15 is 0 Å². The Balaban J connectivity index is 2.13. The molecule has 1 heterocycles. The monoisotopic (exact) mass is 300 g/mol. The van der Waals surface area contributed by atoms with Crippen molar-refractivity contribution in [3.8, 4) is 0 Å². The van der Waals surface area contributed by atoms with Gasteiger partial charge in [-0.25, -0.2) is 0 Å². The van der Waals surface area contributed by atoms with Crippen LogP contribution in [0.5, 0.6) is 0 Å². The van der Waals surface area contributed by atoms with Crippen LogP contribution in [0.4, 0.5) is 18.9 Å². The minimum Gasteiger partial charge on any atom is -0.326 e. The van der Waals surface area contributed by atoms with E-state index in [0.29, 0.717) is 18.4 Å². The summed E-state index contributed by atoms with van der Waals surface area (Å²) in [5.41, 5.74) is 0.112. The van der Waals surface area contributed by atoms with Crippen molar-refractivity contribution in [2.24, 2.45) is 5.92 Å². The highest BCUT2D eigenvalue weighted by Gasteiger charge is 2.31. The first-order valence-corrected chi connectivity index (χ1v) is 6.99. The van der Waals surface area contributed by atoms with E-state index in [1.165, 1.54) is 6.07 Å². The summed E-state index contributed by atoms with van der Waals surface area (Å²) in [6.07, 6.45) is -3.01. The highest BCUT2D eigenvalue weighted by molar-refractivity contribution is 5.93. The van der Waals surface area contributed by atoms with Crippen LogP contribution < -0.4 is 10.6 Å². The third-order valence-electron chi connectivity index (χ3n) is 3.82. The molecule has 0 radical (unpaired) electrons. The average molecular weight is 300 g/mol. The molecule has 2 atom stereocenters. The molecule has 2 N–H and O–H groups in total. The number of hydrogen-bond donors (Lipinski definition) is 2. The van der Waals surface area contributed by atoms with Crippen molar-refractivity contribution in [2.75, 3.05) is 11.9 Å². The van der Waals surface area contributed by atoms with E-state index in [9.17, 15) is 18.0 Å². The van der Waals surface area contributed by atoms with E-state index in [0.717, 1.165) is 18.7 Å². The fraction of sp³-hybridized carbons (Fsp3) is 0.533. The third-order valence-corrected chi connectivity index (χ3v) is 3.82. The molecule has 1 saturated heterocycles. The number of aryl methyl sites for hydroxylation is 1. The van der Waals surface area contributed by atoms with Crippen LogP contribution in [0.2, 0.25) is 0 Å². The fourth-order valence-electron chi connectivity index (χ4n) is 2.54. The molecule has 1 aliphatic rings. The number of carbonyl (C=O) groups is 1. The van der Waals surface area contributed by atoms with Crippen LogP contribution in [0.3, 0.4) is 0 Å². The number of piperidine rings is 1. The summed E-state index contributed by atoms with van der Waals surface area (Å²) in [5, 5.41) is 5.89. The zero-order valence-electron chi connectivity index (χ0n) is 12.1. The SMILES string of the molecule is Cc1ccc(C(F)(F)F)cc1NC(=O)C1CCNC(C)C1. The van der Waals surface area contributed by atoms with Gasteiger partial charge in [0, 0.05) is 17.6 Å². The number of carbonyl (C=O) groups excluding carboxylic acids is 1. The van der Waals surface area contributed by atoms with Crippen molar-refractivity contribution in [1.29, 1.82) is 0 Å². The van der Waals surface area contributed by atoms with Gasteiger partial charge in [-0.15, -0.1) is 0 Å². The van der Waals surface area contributed by atoms with Gasteiger partial charge in [-0.3, -0.25) is 4.79 Å². The van der Waals surface area contributed by atoms with Crippen LogP contribution in [0, 0.1) is 12.8 Å². The molecule has 116 valence electrons. The maximum atomic E-state index is 12.7. The second kappa shape index (κ2) is 6.05. The highest BCUT2D eigenvalue weighted by Crippen LogP contribution is 2.32. The van der Waals surface area contributed by atoms with Gasteiger partial charge in [0.05, 0.1) is 5.56 Å². The zero-order chi connectivity index (χ0) is 15.6. The third kappa shape index (κ3) is 3.97. The molecular formula is C15H19F3N2O. The van der Waals surface area contributed by atoms with Crippen LogP contribution in [0.15, 0.2) is 18.2 Å². The summed E-state index contributed by atoms with van der Waals surface area (Å²) in [4.78, 5) is 12.2. The maximum absolute atomic E-state index is 12.7. The summed E-state index contributed by atoms with van der Waals surface area (Å²) >= 11 is 0. The van der Waals surface area contributed by atoms with Gasteiger partial charge in [0.2, 0.25) is 5.91 Å². The number of hydrogen-bond acceptors (Lipinski definition) is 2. The zero-order valence-corrected chi connectivity index (χ0v) is 12.1. The Labute approximate surface area is 121 Å². The lowest BCUT2D eigenvalue weighted by molar-refractivity contribution is -0.137. The molecule has 0 aliphatic carbocycles. The van der Waals surface area contributed by atoms with Crippen molar-refractivity contribution in [2.45, 2.75) is 38.9 Å². The molecule has 1 fully saturated rings. The predicted molar refractivity (Wildman–Crippen MR) is 75.0 cm³/mol. The molecule has 1 aliphatic heterocycles. The molecule has 1 amide bonds. The number of anilines is 1. The van der Waals surface area contributed by atoms with Crippen LogP contribution in [-0.4, -0.2) is 18.5 Å². The van der Waals surface area contributed by atoms with Crippen molar-refractivity contribution < 1.29 is 18.0 Å². The number of alkyl halides is 3. The second-order valence-electron chi connectivity index (χ2n) is 5.59. The van der Waals surface area contributed by atoms with Crippen LogP contribution in [0.25, 0.3) is 0 Å². The quantitative estimate of drug-likeness (QED) is 0.879. The summed E-state index contributed by atoms with van der Waals surface area (Å²) < 4.78 is 38.2. The van der Waals surface area contributed by atoms with Gasteiger partial charge in [-0.1, -0.05) is 6.07 Å². The number of nitrogens with one attached hydrogen (secondary N) is 2. The van der Waals surface area contributed by atoms with E-state index in [4.69, 9.17) is 0 Å². The second-order valence-corrected chi connectivity index (χ2v) is 5.59. The van der Waals surface area contributed by atoms with Crippen molar-refractivity contribution in [3.63, 3.8) is 0 Å². The molecule has 1 aromatic rings. The highest BCUT2D eigenvalue weighted by atomic mass is 19.4. The average Bonchev–Trinajstić information content (AvgIpc) is 2.40. The number of halogens is 3. The van der Waals surface area contributed by atoms with Crippen LogP contribution in [0.1, 0.15) is 30.9 Å². The Morgan fingerprint density at radius 1 is 1.38 bits per heavy atom. The summed E-state index contributed by atoms with van der Waals surface area (Å²) in [5.74, 6) is -0.360. The van der Waals surface area contributed by atoms with Gasteiger partial charge in [0.25, 0.3) is 0 Å². The van der Waals surface area contributed by atoms with Crippen LogP contribution in [-0.2, 0) is 11.0 Å². The van der Waals surface area contributed by atoms with E-state index in [1.807, 2.05) is 6.92 Å². The molecule has 0 bridgehead atoms. The molecule has 2 rings (SSSR count). The van der Waals surface area contributed by atoms with Gasteiger partial charge in [-0.05, 0) is 50.9 Å². The van der Waals surface area contributed by atoms with Crippen LogP contribution >= 0.6 is 0 Å². The van der Waals surface area contributed by atoms with E-state index in [2.05, 4.69) is 10.6 Å². The number of amides is 1. The summed E-state index contributed by atoms with van der Waals surface area (Å²) in [6, 6.07) is 3.65. The van der Waals surface area contributed by atoms with Crippen molar-refractivity contribution in [3.05, 3.63) is 29.3 Å². The first-order valence-electron chi connectivity index (χ1n) is 6.99. The fourth-order valence-corrected chi connectivity index (χ4v) is 2.54. The predicted octanol–water partition coefficient (Wildman–Crippen LogP) is 3.34. The minimum atomic E-state index is -4.41. The van der Waals surface area contributed by atoms with E-state index < -0.39 is 11.7 Å². The molecule has 6 heteroatoms. The normalized spacial score (nSPS) is 22.9. The molecule has 1 aromatic carbocycles. The first-order chi connectivity index (χ1) is 9.77. The smallest absolute Gasteiger partial charge is 0.326 e. The topological polar surface area (TPSA) is 41.1 Å². The van der Waals surface area contributed by atoms with Gasteiger partial charge in [0.15, 0.2) is 0 Å². The number of benzene rings is 1. The molecule has 2 unspecified atom stereocenters. The Morgan fingerprint density at radius 3 is 2.71 bits per heavy atom. The van der Waals surface area contributed by atoms with E-state index in [1.54, 1.807) is 6.92 Å². The molecular weight excluding hydrogens is 281 g/mol. The Morgan fingerprint density at radius 2 is 2.10 bits per heavy atom. The summed E-state index contributed by atoms with van der Waals surface area (Å²) in [7, 11) is 0. The Hall–Kier alpha value is -1.56. The standard InChI is InChI=1S/C15H19F3N2O/c1-9-3-4-12(15(16,17)18)8-13(9)20-14(21)11-5-6-19-10(2)7-11/h3-4,8,10-11,19H,5-7H2,1-2H3,(H,20,21). The largest absolute Gasteiger partial charge is 0.416 e. The lowest BCUT2D eigenvalue weighted by Crippen LogP contribution is -2.40. The maximum Gasteiger partial charge on any atom is 0.416 e. The molecule has 3 nitrogen and oxygen atoms in total. The van der Waals surface area contributed by atoms with Gasteiger partial charge in [-0.2, -0.15) is 13.2 Å². The molecule has 0 aromatic heterocycles. The Kier molecular flexibility index (Phi) is 4.56.